The molecule has 5 heteroatoms. The number of ketones is 1. The van der Waals surface area contributed by atoms with E-state index in [9.17, 15) is 4.79 Å². The second-order valence-corrected chi connectivity index (χ2v) is 6.52. The monoisotopic (exact) mass is 315 g/mol. The average Bonchev–Trinajstić information content (AvgIpc) is 2.91. The van der Waals surface area contributed by atoms with Crippen LogP contribution >= 0.6 is 34.5 Å². The summed E-state index contributed by atoms with van der Waals surface area (Å²) in [6.45, 7) is 4.83. The van der Waals surface area contributed by atoms with Gasteiger partial charge in [0.15, 0.2) is 5.78 Å². The Labute approximate surface area is 127 Å². The van der Waals surface area contributed by atoms with Gasteiger partial charge < -0.3 is 4.57 Å². The third-order valence-electron chi connectivity index (χ3n) is 3.21. The number of nitrogens with zero attached hydrogens (tertiary/aromatic N) is 1. The fourth-order valence-corrected chi connectivity index (χ4v) is 3.43. The molecule has 0 aliphatic rings. The predicted octanol–water partition coefficient (Wildman–Crippen LogP) is 4.48. The summed E-state index contributed by atoms with van der Waals surface area (Å²) in [6, 6.07) is 5.88. The third-order valence-corrected chi connectivity index (χ3v) is 4.74. The SMILES string of the molecule is Cc1cc(C(=O)CCl)c(C)n1CCc1ccc(Cl)s1. The van der Waals surface area contributed by atoms with Crippen molar-refractivity contribution < 1.29 is 4.79 Å². The molecule has 0 spiro atoms. The summed E-state index contributed by atoms with van der Waals surface area (Å²) in [5, 5.41) is 0. The lowest BCUT2D eigenvalue weighted by molar-refractivity contribution is 0.102. The highest BCUT2D eigenvalue weighted by Crippen LogP contribution is 2.23. The molecular formula is C14H15Cl2NOS. The maximum absolute atomic E-state index is 11.7. The first-order valence-corrected chi connectivity index (χ1v) is 7.76. The number of carbonyl (C=O) groups is 1. The van der Waals surface area contributed by atoms with Gasteiger partial charge in [-0.25, -0.2) is 0 Å². The van der Waals surface area contributed by atoms with Crippen molar-refractivity contribution in [1.82, 2.24) is 4.57 Å². The van der Waals surface area contributed by atoms with E-state index < -0.39 is 0 Å². The van der Waals surface area contributed by atoms with E-state index in [4.69, 9.17) is 23.2 Å². The van der Waals surface area contributed by atoms with E-state index in [1.165, 1.54) is 4.88 Å². The molecule has 0 saturated heterocycles. The number of carbonyl (C=O) groups excluding carboxylic acids is 1. The maximum Gasteiger partial charge on any atom is 0.179 e. The lowest BCUT2D eigenvalue weighted by Gasteiger charge is -2.08. The second kappa shape index (κ2) is 6.12. The van der Waals surface area contributed by atoms with Gasteiger partial charge in [-0.05, 0) is 38.5 Å². The molecule has 2 heterocycles. The molecular weight excluding hydrogens is 301 g/mol. The highest BCUT2D eigenvalue weighted by atomic mass is 35.5. The highest BCUT2D eigenvalue weighted by Gasteiger charge is 2.14. The van der Waals surface area contributed by atoms with Gasteiger partial charge in [-0.15, -0.1) is 22.9 Å². The molecule has 2 nitrogen and oxygen atoms in total. The summed E-state index contributed by atoms with van der Waals surface area (Å²) < 4.78 is 2.97. The van der Waals surface area contributed by atoms with Crippen LogP contribution in [0.5, 0.6) is 0 Å². The molecule has 102 valence electrons. The molecule has 0 atom stereocenters. The van der Waals surface area contributed by atoms with Crippen LogP contribution in [0, 0.1) is 13.8 Å². The Kier molecular flexibility index (Phi) is 4.71. The van der Waals surface area contributed by atoms with E-state index in [0.29, 0.717) is 0 Å². The quantitative estimate of drug-likeness (QED) is 0.589. The van der Waals surface area contributed by atoms with Crippen molar-refractivity contribution in [1.29, 1.82) is 0 Å². The molecule has 0 bridgehead atoms. The Hall–Kier alpha value is -0.770. The minimum Gasteiger partial charge on any atom is -0.348 e. The van der Waals surface area contributed by atoms with Crippen LogP contribution in [0.1, 0.15) is 26.6 Å². The van der Waals surface area contributed by atoms with Crippen LogP contribution in [0.25, 0.3) is 0 Å². The minimum absolute atomic E-state index is 0.0137. The van der Waals surface area contributed by atoms with Crippen molar-refractivity contribution in [3.63, 3.8) is 0 Å². The van der Waals surface area contributed by atoms with E-state index in [2.05, 4.69) is 4.57 Å². The molecule has 2 rings (SSSR count). The molecule has 0 radical (unpaired) electrons. The number of thiophene rings is 1. The van der Waals surface area contributed by atoms with Gasteiger partial charge in [0.25, 0.3) is 0 Å². The van der Waals surface area contributed by atoms with Crippen LogP contribution in [0.3, 0.4) is 0 Å². The van der Waals surface area contributed by atoms with E-state index in [1.54, 1.807) is 11.3 Å². The van der Waals surface area contributed by atoms with E-state index in [0.717, 1.165) is 34.3 Å². The first-order chi connectivity index (χ1) is 9.02. The Morgan fingerprint density at radius 3 is 2.68 bits per heavy atom. The van der Waals surface area contributed by atoms with Crippen molar-refractivity contribution in [3.8, 4) is 0 Å². The second-order valence-electron chi connectivity index (χ2n) is 4.45. The van der Waals surface area contributed by atoms with Crippen LogP contribution in [-0.4, -0.2) is 16.2 Å². The molecule has 0 aliphatic carbocycles. The number of hydrogen-bond donors (Lipinski definition) is 0. The van der Waals surface area contributed by atoms with Crippen LogP contribution in [0.2, 0.25) is 4.34 Å². The standard InChI is InChI=1S/C14H15Cl2NOS/c1-9-7-12(13(18)8-15)10(2)17(9)6-5-11-3-4-14(16)19-11/h3-4,7H,5-6,8H2,1-2H3. The predicted molar refractivity (Wildman–Crippen MR) is 82.0 cm³/mol. The molecule has 2 aromatic rings. The zero-order valence-electron chi connectivity index (χ0n) is 10.9. The Morgan fingerprint density at radius 2 is 2.11 bits per heavy atom. The molecule has 0 unspecified atom stereocenters. The number of halogens is 2. The van der Waals surface area contributed by atoms with Crippen LogP contribution in [-0.2, 0) is 13.0 Å². The number of Topliss-reactive ketones (excluding diaryl/α,β-unsaturated/α-hetero) is 1. The first-order valence-electron chi connectivity index (χ1n) is 6.03. The van der Waals surface area contributed by atoms with Gasteiger partial charge in [-0.3, -0.25) is 4.79 Å². The van der Waals surface area contributed by atoms with Crippen molar-refractivity contribution in [3.05, 3.63) is 44.4 Å². The normalized spacial score (nSPS) is 10.9. The number of aryl methyl sites for hydroxylation is 2. The Bertz CT molecular complexity index is 601. The largest absolute Gasteiger partial charge is 0.348 e. The lowest BCUT2D eigenvalue weighted by atomic mass is 10.2. The summed E-state index contributed by atoms with van der Waals surface area (Å²) >= 11 is 13.1. The number of alkyl halides is 1. The fourth-order valence-electron chi connectivity index (χ4n) is 2.21. The lowest BCUT2D eigenvalue weighted by Crippen LogP contribution is -2.07. The number of hydrogen-bond acceptors (Lipinski definition) is 2. The zero-order chi connectivity index (χ0) is 14.0. The zero-order valence-corrected chi connectivity index (χ0v) is 13.2. The summed E-state index contributed by atoms with van der Waals surface area (Å²) in [5.74, 6) is 0.0188. The Morgan fingerprint density at radius 1 is 1.37 bits per heavy atom. The first kappa shape index (κ1) is 14.6. The topological polar surface area (TPSA) is 22.0 Å². The summed E-state index contributed by atoms with van der Waals surface area (Å²) in [4.78, 5) is 13.0. The van der Waals surface area contributed by atoms with E-state index in [1.807, 2.05) is 32.0 Å². The summed E-state index contributed by atoms with van der Waals surface area (Å²) in [5.41, 5.74) is 2.82. The number of aromatic nitrogens is 1. The highest BCUT2D eigenvalue weighted by molar-refractivity contribution is 7.16. The maximum atomic E-state index is 11.7. The molecule has 0 fully saturated rings. The molecule has 0 saturated carbocycles. The van der Waals surface area contributed by atoms with Gasteiger partial charge in [0.2, 0.25) is 0 Å². The average molecular weight is 316 g/mol. The molecule has 0 aliphatic heterocycles. The summed E-state index contributed by atoms with van der Waals surface area (Å²) in [6.07, 6.45) is 0.919. The third kappa shape index (κ3) is 3.22. The van der Waals surface area contributed by atoms with Gasteiger partial charge in [-0.1, -0.05) is 11.6 Å². The van der Waals surface area contributed by atoms with Crippen molar-refractivity contribution >= 4 is 40.3 Å². The molecule has 0 N–H and O–H groups in total. The summed E-state index contributed by atoms with van der Waals surface area (Å²) in [7, 11) is 0. The van der Waals surface area contributed by atoms with E-state index in [-0.39, 0.29) is 11.7 Å². The fraction of sp³-hybridized carbons (Fsp3) is 0.357. The van der Waals surface area contributed by atoms with Gasteiger partial charge in [-0.2, -0.15) is 0 Å². The van der Waals surface area contributed by atoms with Gasteiger partial charge >= 0.3 is 0 Å². The number of rotatable bonds is 5. The van der Waals surface area contributed by atoms with Crippen LogP contribution in [0.15, 0.2) is 18.2 Å². The van der Waals surface area contributed by atoms with Gasteiger partial charge in [0.05, 0.1) is 10.2 Å². The van der Waals surface area contributed by atoms with Crippen LogP contribution < -0.4 is 0 Å². The van der Waals surface area contributed by atoms with Crippen molar-refractivity contribution in [2.45, 2.75) is 26.8 Å². The van der Waals surface area contributed by atoms with Gasteiger partial charge in [0.1, 0.15) is 0 Å². The van der Waals surface area contributed by atoms with Crippen molar-refractivity contribution in [2.24, 2.45) is 0 Å². The van der Waals surface area contributed by atoms with Gasteiger partial charge in [0, 0.05) is 28.4 Å². The van der Waals surface area contributed by atoms with Crippen LogP contribution in [0.4, 0.5) is 0 Å². The molecule has 0 amide bonds. The van der Waals surface area contributed by atoms with Crippen molar-refractivity contribution in [2.75, 3.05) is 5.88 Å². The molecule has 0 aromatic carbocycles. The smallest absolute Gasteiger partial charge is 0.179 e. The minimum atomic E-state index is -0.0137. The molecule has 19 heavy (non-hydrogen) atoms. The van der Waals surface area contributed by atoms with E-state index >= 15 is 0 Å². The Balaban J connectivity index is 2.16. The molecule has 2 aromatic heterocycles.